The zero-order valence-electron chi connectivity index (χ0n) is 14.5. The minimum Gasteiger partial charge on any atom is -0.469 e. The highest BCUT2D eigenvalue weighted by molar-refractivity contribution is 5.81. The number of carbonyl (C=O) groups is 2. The van der Waals surface area contributed by atoms with Crippen molar-refractivity contribution in [2.75, 3.05) is 14.2 Å². The van der Waals surface area contributed by atoms with Gasteiger partial charge in [-0.3, -0.25) is 9.59 Å². The van der Waals surface area contributed by atoms with Gasteiger partial charge in [-0.1, -0.05) is 45.5 Å². The summed E-state index contributed by atoms with van der Waals surface area (Å²) in [6.45, 7) is 7.95. The average molecular weight is 324 g/mol. The molecule has 0 radical (unpaired) electrons. The van der Waals surface area contributed by atoms with Crippen LogP contribution in [-0.2, 0) is 19.1 Å². The molecule has 0 aliphatic heterocycles. The summed E-state index contributed by atoms with van der Waals surface area (Å²) >= 11 is 0. The third-order valence-corrected chi connectivity index (χ3v) is 3.80. The maximum atomic E-state index is 11.3. The summed E-state index contributed by atoms with van der Waals surface area (Å²) in [7, 11) is 2.66. The van der Waals surface area contributed by atoms with Gasteiger partial charge in [0.1, 0.15) is 0 Å². The van der Waals surface area contributed by atoms with Gasteiger partial charge in [0.15, 0.2) is 0 Å². The molecular formula is C19H32O4. The third kappa shape index (κ3) is 7.82. The molecule has 0 saturated heterocycles. The average Bonchev–Trinajstić information content (AvgIpc) is 2.54. The van der Waals surface area contributed by atoms with Crippen molar-refractivity contribution in [3.8, 4) is 0 Å². The van der Waals surface area contributed by atoms with Crippen LogP contribution < -0.4 is 0 Å². The molecule has 1 aromatic rings. The van der Waals surface area contributed by atoms with Crippen LogP contribution in [-0.4, -0.2) is 26.2 Å². The van der Waals surface area contributed by atoms with Crippen LogP contribution in [0.3, 0.4) is 0 Å². The maximum absolute atomic E-state index is 11.3. The zero-order chi connectivity index (χ0) is 17.1. The molecule has 0 aliphatic rings. The Kier molecular flexibility index (Phi) is 12.9. The Morgan fingerprint density at radius 1 is 0.870 bits per heavy atom. The monoisotopic (exact) mass is 324 g/mol. The lowest BCUT2D eigenvalue weighted by Gasteiger charge is -2.20. The zero-order valence-corrected chi connectivity index (χ0v) is 14.5. The molecule has 0 heterocycles. The van der Waals surface area contributed by atoms with E-state index in [1.807, 2.05) is 13.8 Å². The van der Waals surface area contributed by atoms with Crippen molar-refractivity contribution in [3.05, 3.63) is 35.4 Å². The van der Waals surface area contributed by atoms with Gasteiger partial charge in [-0.2, -0.15) is 0 Å². The molecule has 0 saturated carbocycles. The fourth-order valence-electron chi connectivity index (χ4n) is 2.20. The van der Waals surface area contributed by atoms with E-state index in [1.54, 1.807) is 0 Å². The molecule has 23 heavy (non-hydrogen) atoms. The Bertz CT molecular complexity index is 425. The van der Waals surface area contributed by atoms with Gasteiger partial charge in [-0.25, -0.2) is 0 Å². The van der Waals surface area contributed by atoms with Gasteiger partial charge in [-0.05, 0) is 37.8 Å². The first-order valence-corrected chi connectivity index (χ1v) is 7.60. The number of benzene rings is 1. The molecule has 0 aliphatic carbocycles. The highest BCUT2D eigenvalue weighted by Gasteiger charge is 2.32. The van der Waals surface area contributed by atoms with Crippen LogP contribution in [0.5, 0.6) is 0 Å². The van der Waals surface area contributed by atoms with Crippen LogP contribution in [0.25, 0.3) is 0 Å². The number of aryl methyl sites for hydroxylation is 2. The van der Waals surface area contributed by atoms with Crippen LogP contribution in [0.15, 0.2) is 24.3 Å². The molecule has 0 fully saturated rings. The van der Waals surface area contributed by atoms with Crippen LogP contribution in [0.1, 0.15) is 45.2 Å². The Morgan fingerprint density at radius 2 is 1.17 bits per heavy atom. The van der Waals surface area contributed by atoms with E-state index < -0.39 is 11.8 Å². The number of carbonyl (C=O) groups excluding carboxylic acids is 2. The Hall–Kier alpha value is -1.84. The van der Waals surface area contributed by atoms with E-state index in [0.717, 1.165) is 0 Å². The van der Waals surface area contributed by atoms with Gasteiger partial charge in [0.2, 0.25) is 0 Å². The lowest BCUT2D eigenvalue weighted by atomic mass is 9.88. The van der Waals surface area contributed by atoms with Gasteiger partial charge in [-0.15, -0.1) is 0 Å². The topological polar surface area (TPSA) is 52.6 Å². The number of methoxy groups -OCH3 is 2. The van der Waals surface area contributed by atoms with Crippen LogP contribution >= 0.6 is 0 Å². The van der Waals surface area contributed by atoms with Gasteiger partial charge >= 0.3 is 11.9 Å². The Morgan fingerprint density at radius 3 is 1.35 bits per heavy atom. The second-order valence-corrected chi connectivity index (χ2v) is 5.16. The molecule has 0 aromatic heterocycles. The lowest BCUT2D eigenvalue weighted by Crippen LogP contribution is -2.30. The molecule has 4 nitrogen and oxygen atoms in total. The second kappa shape index (κ2) is 12.7. The summed E-state index contributed by atoms with van der Waals surface area (Å²) in [4.78, 5) is 22.7. The molecule has 1 rings (SSSR count). The Labute approximate surface area is 141 Å². The number of hydrogen-bond acceptors (Lipinski definition) is 4. The van der Waals surface area contributed by atoms with E-state index in [-0.39, 0.29) is 19.4 Å². The van der Waals surface area contributed by atoms with Crippen LogP contribution in [0, 0.1) is 25.7 Å². The smallest absolute Gasteiger partial charge is 0.309 e. The third-order valence-electron chi connectivity index (χ3n) is 3.80. The van der Waals surface area contributed by atoms with Crippen LogP contribution in [0.2, 0.25) is 0 Å². The highest BCUT2D eigenvalue weighted by atomic mass is 16.5. The number of hydrogen-bond donors (Lipinski definition) is 0. The second-order valence-electron chi connectivity index (χ2n) is 5.16. The summed E-state index contributed by atoms with van der Waals surface area (Å²) in [5, 5.41) is 0. The van der Waals surface area contributed by atoms with Crippen molar-refractivity contribution in [1.29, 1.82) is 0 Å². The number of ether oxygens (including phenoxy) is 2. The highest BCUT2D eigenvalue weighted by Crippen LogP contribution is 2.22. The van der Waals surface area contributed by atoms with Crippen molar-refractivity contribution in [2.45, 2.75) is 48.0 Å². The van der Waals surface area contributed by atoms with Gasteiger partial charge in [0.05, 0.1) is 26.1 Å². The molecule has 0 spiro atoms. The molecular weight excluding hydrogens is 292 g/mol. The molecule has 2 atom stereocenters. The summed E-state index contributed by atoms with van der Waals surface area (Å²) in [5.41, 5.74) is 2.74. The molecule has 0 amide bonds. The first-order chi connectivity index (χ1) is 10.4. The fourth-order valence-corrected chi connectivity index (χ4v) is 2.20. The minimum atomic E-state index is -0.391. The fraction of sp³-hybridized carbons (Fsp3) is 0.579. The quantitative estimate of drug-likeness (QED) is 0.757. The Balaban J connectivity index is 0. The first-order valence-electron chi connectivity index (χ1n) is 7.60. The normalized spacial score (nSPS) is 11.9. The van der Waals surface area contributed by atoms with E-state index in [4.69, 9.17) is 0 Å². The number of esters is 2. The largest absolute Gasteiger partial charge is 0.469 e. The lowest BCUT2D eigenvalue weighted by molar-refractivity contribution is -0.157. The minimum absolute atomic E-state index is 0. The predicted molar refractivity (Wildman–Crippen MR) is 94.2 cm³/mol. The van der Waals surface area contributed by atoms with E-state index in [9.17, 15) is 9.59 Å². The first kappa shape index (κ1) is 23.4. The van der Waals surface area contributed by atoms with Gasteiger partial charge < -0.3 is 9.47 Å². The van der Waals surface area contributed by atoms with E-state index >= 15 is 0 Å². The van der Waals surface area contributed by atoms with Gasteiger partial charge in [0.25, 0.3) is 0 Å². The summed E-state index contributed by atoms with van der Waals surface area (Å²) in [6, 6.07) is 8.36. The molecule has 132 valence electrons. The SMILES string of the molecule is C.CCC(C(=O)OC)[C@H](CC)C(=O)OC.Cc1ccccc1C. The van der Waals surface area contributed by atoms with Crippen molar-refractivity contribution in [2.24, 2.45) is 11.8 Å². The number of rotatable bonds is 5. The molecule has 0 N–H and O–H groups in total. The van der Waals surface area contributed by atoms with Crippen LogP contribution in [0.4, 0.5) is 0 Å². The van der Waals surface area contributed by atoms with E-state index in [0.29, 0.717) is 12.8 Å². The van der Waals surface area contributed by atoms with Crippen molar-refractivity contribution in [3.63, 3.8) is 0 Å². The molecule has 4 heteroatoms. The predicted octanol–water partition coefficient (Wildman–Crippen LogP) is 4.32. The standard InChI is InChI=1S/C10H18O4.C8H10.CH4/c1-5-7(9(11)13-3)8(6-2)10(12)14-4;1-7-5-3-4-6-8(7)2;/h7-8H,5-6H2,1-4H3;3-6H,1-2H3;1H4/t7-,8?;;/m0../s1. The van der Waals surface area contributed by atoms with Crippen molar-refractivity contribution < 1.29 is 19.1 Å². The summed E-state index contributed by atoms with van der Waals surface area (Å²) in [6.07, 6.45) is 1.17. The molecule has 1 unspecified atom stereocenters. The molecule has 1 aromatic carbocycles. The summed E-state index contributed by atoms with van der Waals surface area (Å²) in [5.74, 6) is -1.47. The molecule has 0 bridgehead atoms. The maximum Gasteiger partial charge on any atom is 0.309 e. The van der Waals surface area contributed by atoms with Crippen molar-refractivity contribution >= 4 is 11.9 Å². The van der Waals surface area contributed by atoms with E-state index in [2.05, 4.69) is 47.6 Å². The van der Waals surface area contributed by atoms with Gasteiger partial charge in [0, 0.05) is 0 Å². The van der Waals surface area contributed by atoms with Crippen molar-refractivity contribution in [1.82, 2.24) is 0 Å². The summed E-state index contributed by atoms with van der Waals surface area (Å²) < 4.78 is 9.27. The van der Waals surface area contributed by atoms with E-state index in [1.165, 1.54) is 25.3 Å².